The van der Waals surface area contributed by atoms with Gasteiger partial charge in [-0.2, -0.15) is 0 Å². The van der Waals surface area contributed by atoms with Gasteiger partial charge in [0, 0.05) is 45.3 Å². The van der Waals surface area contributed by atoms with Crippen molar-refractivity contribution < 1.29 is 9.32 Å². The summed E-state index contributed by atoms with van der Waals surface area (Å²) >= 11 is 0. The molecule has 3 aromatic heterocycles. The fourth-order valence-electron chi connectivity index (χ4n) is 3.43. The minimum atomic E-state index is -0.112. The van der Waals surface area contributed by atoms with E-state index in [9.17, 15) is 4.79 Å². The van der Waals surface area contributed by atoms with E-state index in [-0.39, 0.29) is 17.9 Å². The molecule has 0 bridgehead atoms. The first-order valence-electron chi connectivity index (χ1n) is 8.80. The lowest BCUT2D eigenvalue weighted by atomic mass is 10.1. The summed E-state index contributed by atoms with van der Waals surface area (Å²) in [5.41, 5.74) is 1.83. The molecular weight excluding hydrogens is 332 g/mol. The fourth-order valence-corrected chi connectivity index (χ4v) is 3.43. The lowest BCUT2D eigenvalue weighted by Gasteiger charge is -2.35. The van der Waals surface area contributed by atoms with Crippen LogP contribution in [-0.2, 0) is 7.05 Å². The molecule has 0 radical (unpaired) electrons. The van der Waals surface area contributed by atoms with Crippen LogP contribution in [0.2, 0.25) is 0 Å². The number of fused-ring (bicyclic) bond motifs is 1. The molecule has 1 N–H and O–H groups in total. The third kappa shape index (κ3) is 2.76. The highest BCUT2D eigenvalue weighted by molar-refractivity contribution is 5.97. The van der Waals surface area contributed by atoms with E-state index in [4.69, 9.17) is 4.52 Å². The number of imidazole rings is 1. The van der Waals surface area contributed by atoms with Crippen LogP contribution in [0.3, 0.4) is 0 Å². The molecular formula is C18H22N6O2. The highest BCUT2D eigenvalue weighted by Gasteiger charge is 2.31. The Hall–Kier alpha value is -2.74. The Balaban J connectivity index is 1.70. The predicted octanol–water partition coefficient (Wildman–Crippen LogP) is 1.87. The van der Waals surface area contributed by atoms with Crippen LogP contribution >= 0.6 is 0 Å². The van der Waals surface area contributed by atoms with Crippen LogP contribution in [0.4, 0.5) is 0 Å². The number of aryl methyl sites for hydroxylation is 1. The van der Waals surface area contributed by atoms with Gasteiger partial charge in [0.1, 0.15) is 11.9 Å². The van der Waals surface area contributed by atoms with Gasteiger partial charge in [-0.3, -0.25) is 4.79 Å². The number of carbonyl (C=O) groups excluding carboxylic acids is 1. The highest BCUT2D eigenvalue weighted by atomic mass is 16.5. The van der Waals surface area contributed by atoms with E-state index < -0.39 is 0 Å². The van der Waals surface area contributed by atoms with Crippen LogP contribution < -0.4 is 5.32 Å². The van der Waals surface area contributed by atoms with Crippen molar-refractivity contribution in [3.63, 3.8) is 0 Å². The van der Waals surface area contributed by atoms with Crippen molar-refractivity contribution in [2.75, 3.05) is 19.6 Å². The molecule has 4 heterocycles. The van der Waals surface area contributed by atoms with E-state index in [0.29, 0.717) is 24.4 Å². The van der Waals surface area contributed by atoms with E-state index in [1.165, 1.54) is 0 Å². The molecule has 1 aliphatic rings. The summed E-state index contributed by atoms with van der Waals surface area (Å²) in [6.45, 7) is 6.14. The van der Waals surface area contributed by atoms with Crippen LogP contribution in [-0.4, -0.2) is 50.1 Å². The zero-order valence-corrected chi connectivity index (χ0v) is 15.1. The number of nitrogens with zero attached hydrogens (tertiary/aromatic N) is 5. The lowest BCUT2D eigenvalue weighted by Crippen LogP contribution is -2.49. The Morgan fingerprint density at radius 1 is 1.38 bits per heavy atom. The van der Waals surface area contributed by atoms with Crippen molar-refractivity contribution in [2.45, 2.75) is 25.8 Å². The average Bonchev–Trinajstić information content (AvgIpc) is 3.26. The first-order valence-corrected chi connectivity index (χ1v) is 8.80. The molecule has 0 aliphatic carbocycles. The molecule has 4 rings (SSSR count). The average molecular weight is 354 g/mol. The molecule has 8 heteroatoms. The second-order valence-corrected chi connectivity index (χ2v) is 6.91. The van der Waals surface area contributed by atoms with Gasteiger partial charge in [0.25, 0.3) is 11.6 Å². The van der Waals surface area contributed by atoms with Crippen LogP contribution in [0, 0.1) is 0 Å². The van der Waals surface area contributed by atoms with Crippen molar-refractivity contribution in [1.29, 1.82) is 0 Å². The first-order chi connectivity index (χ1) is 12.6. The second-order valence-electron chi connectivity index (χ2n) is 6.91. The van der Waals surface area contributed by atoms with Gasteiger partial charge in [-0.15, -0.1) is 0 Å². The summed E-state index contributed by atoms with van der Waals surface area (Å²) < 4.78 is 7.23. The number of piperazine rings is 1. The Bertz CT molecular complexity index is 944. The molecule has 136 valence electrons. The molecule has 3 aromatic rings. The maximum atomic E-state index is 13.2. The largest absolute Gasteiger partial charge is 0.336 e. The summed E-state index contributed by atoms with van der Waals surface area (Å²) in [7, 11) is 1.94. The molecule has 0 aromatic carbocycles. The Morgan fingerprint density at radius 2 is 2.23 bits per heavy atom. The van der Waals surface area contributed by atoms with Gasteiger partial charge < -0.3 is 19.3 Å². The summed E-state index contributed by atoms with van der Waals surface area (Å²) in [4.78, 5) is 23.8. The van der Waals surface area contributed by atoms with Gasteiger partial charge in [-0.25, -0.2) is 9.97 Å². The second kappa shape index (κ2) is 6.53. The molecule has 0 spiro atoms. The van der Waals surface area contributed by atoms with E-state index >= 15 is 0 Å². The zero-order valence-electron chi connectivity index (χ0n) is 15.1. The van der Waals surface area contributed by atoms with Gasteiger partial charge in [0.05, 0.1) is 16.6 Å². The van der Waals surface area contributed by atoms with E-state index in [1.807, 2.05) is 42.6 Å². The summed E-state index contributed by atoms with van der Waals surface area (Å²) in [5.74, 6) is 1.01. The van der Waals surface area contributed by atoms with Crippen molar-refractivity contribution in [3.8, 4) is 0 Å². The van der Waals surface area contributed by atoms with Gasteiger partial charge in [0.2, 0.25) is 0 Å². The normalized spacial score (nSPS) is 18.0. The topological polar surface area (TPSA) is 89.1 Å². The highest BCUT2D eigenvalue weighted by Crippen LogP contribution is 2.27. The number of rotatable bonds is 3. The summed E-state index contributed by atoms with van der Waals surface area (Å²) in [6.07, 6.45) is 5.22. The Kier molecular flexibility index (Phi) is 4.20. The SMILES string of the molecule is CC(C)c1noc2ncc(C(=O)N3CCNCC3c3nccn3C)cc12. The molecule has 0 saturated carbocycles. The van der Waals surface area contributed by atoms with Crippen molar-refractivity contribution in [1.82, 2.24) is 29.9 Å². The van der Waals surface area contributed by atoms with Gasteiger partial charge in [-0.05, 0) is 12.0 Å². The van der Waals surface area contributed by atoms with Crippen LogP contribution in [0.25, 0.3) is 11.1 Å². The molecule has 1 aliphatic heterocycles. The van der Waals surface area contributed by atoms with Gasteiger partial charge >= 0.3 is 0 Å². The van der Waals surface area contributed by atoms with Crippen molar-refractivity contribution in [2.24, 2.45) is 7.05 Å². The van der Waals surface area contributed by atoms with Crippen LogP contribution in [0.5, 0.6) is 0 Å². The fraction of sp³-hybridized carbons (Fsp3) is 0.444. The molecule has 1 unspecified atom stereocenters. The number of amides is 1. The number of carbonyl (C=O) groups is 1. The first kappa shape index (κ1) is 16.7. The molecule has 8 nitrogen and oxygen atoms in total. The quantitative estimate of drug-likeness (QED) is 0.772. The lowest BCUT2D eigenvalue weighted by molar-refractivity contribution is 0.0620. The van der Waals surface area contributed by atoms with Crippen LogP contribution in [0.1, 0.15) is 47.7 Å². The number of pyridine rings is 1. The Labute approximate surface area is 151 Å². The molecule has 1 saturated heterocycles. The summed E-state index contributed by atoms with van der Waals surface area (Å²) in [6, 6.07) is 1.73. The smallest absolute Gasteiger partial charge is 0.257 e. The minimum Gasteiger partial charge on any atom is -0.336 e. The number of aromatic nitrogens is 4. The zero-order chi connectivity index (χ0) is 18.3. The van der Waals surface area contributed by atoms with E-state index in [0.717, 1.165) is 23.4 Å². The Morgan fingerprint density at radius 3 is 2.96 bits per heavy atom. The predicted molar refractivity (Wildman–Crippen MR) is 95.7 cm³/mol. The van der Waals surface area contributed by atoms with Crippen LogP contribution in [0.15, 0.2) is 29.2 Å². The van der Waals surface area contributed by atoms with Crippen molar-refractivity contribution in [3.05, 3.63) is 41.7 Å². The van der Waals surface area contributed by atoms with E-state index in [2.05, 4.69) is 20.4 Å². The standard InChI is InChI=1S/C18H22N6O2/c1-11(2)15-13-8-12(9-21-17(13)26-22-15)18(25)24-7-4-19-10-14(24)16-20-5-6-23(16)3/h5-6,8-9,11,14,19H,4,7,10H2,1-3H3. The molecule has 26 heavy (non-hydrogen) atoms. The monoisotopic (exact) mass is 354 g/mol. The maximum absolute atomic E-state index is 13.2. The number of hydrogen-bond donors (Lipinski definition) is 1. The molecule has 1 atom stereocenters. The number of nitrogens with one attached hydrogen (secondary N) is 1. The molecule has 1 fully saturated rings. The summed E-state index contributed by atoms with van der Waals surface area (Å²) in [5, 5.41) is 8.24. The maximum Gasteiger partial charge on any atom is 0.257 e. The van der Waals surface area contributed by atoms with Crippen molar-refractivity contribution >= 4 is 17.0 Å². The molecule has 1 amide bonds. The number of hydrogen-bond acceptors (Lipinski definition) is 6. The van der Waals surface area contributed by atoms with E-state index in [1.54, 1.807) is 12.4 Å². The van der Waals surface area contributed by atoms with Gasteiger partial charge in [0.15, 0.2) is 0 Å². The third-order valence-electron chi connectivity index (χ3n) is 4.81. The van der Waals surface area contributed by atoms with Gasteiger partial charge in [-0.1, -0.05) is 19.0 Å². The third-order valence-corrected chi connectivity index (χ3v) is 4.81. The minimum absolute atomic E-state index is 0.0511.